The highest BCUT2D eigenvalue weighted by Crippen LogP contribution is 2.35. The van der Waals surface area contributed by atoms with Crippen molar-refractivity contribution in [1.82, 2.24) is 4.90 Å². The van der Waals surface area contributed by atoms with Crippen molar-refractivity contribution >= 4 is 0 Å². The lowest BCUT2D eigenvalue weighted by Gasteiger charge is -2.40. The number of hydrogen-bond donors (Lipinski definition) is 0. The summed E-state index contributed by atoms with van der Waals surface area (Å²) in [5.41, 5.74) is 0.530. The van der Waals surface area contributed by atoms with Crippen LogP contribution in [-0.2, 0) is 15.8 Å². The van der Waals surface area contributed by atoms with E-state index in [9.17, 15) is 0 Å². The molecule has 3 heteroatoms. The molecule has 2 atom stereocenters. The summed E-state index contributed by atoms with van der Waals surface area (Å²) < 4.78 is 20.9. The second-order valence-corrected chi connectivity index (χ2v) is 6.98. The molecule has 2 nitrogen and oxygen atoms in total. The Morgan fingerprint density at radius 1 is 1.20 bits per heavy atom. The van der Waals surface area contributed by atoms with Crippen LogP contribution in [0.4, 0.5) is 4.39 Å². The molecule has 0 aromatic heterocycles. The summed E-state index contributed by atoms with van der Waals surface area (Å²) in [5, 5.41) is 0. The van der Waals surface area contributed by atoms with Crippen LogP contribution in [0, 0.1) is 0 Å². The molecule has 20 heavy (non-hydrogen) atoms. The molecule has 0 spiro atoms. The van der Waals surface area contributed by atoms with Crippen molar-refractivity contribution < 1.29 is 9.13 Å². The van der Waals surface area contributed by atoms with Gasteiger partial charge in [-0.1, -0.05) is 45.0 Å². The summed E-state index contributed by atoms with van der Waals surface area (Å²) in [6.07, 6.45) is 0. The molecule has 1 aromatic rings. The number of nitrogens with zero attached hydrogens (tertiary/aromatic N) is 1. The van der Waals surface area contributed by atoms with Gasteiger partial charge in [-0.05, 0) is 30.5 Å². The van der Waals surface area contributed by atoms with E-state index in [-0.39, 0.29) is 11.5 Å². The summed E-state index contributed by atoms with van der Waals surface area (Å²) in [6, 6.07) is 7.68. The van der Waals surface area contributed by atoms with Crippen molar-refractivity contribution in [2.45, 2.75) is 44.8 Å². The first-order valence-corrected chi connectivity index (χ1v) is 7.31. The van der Waals surface area contributed by atoms with E-state index in [1.807, 2.05) is 25.2 Å². The molecular weight excluding hydrogens is 253 g/mol. The largest absolute Gasteiger partial charge is 0.378 e. The number of ether oxygens (including phenoxy) is 1. The smallest absolute Gasteiger partial charge is 0.150 e. The molecule has 0 bridgehead atoms. The van der Waals surface area contributed by atoms with Crippen molar-refractivity contribution in [3.63, 3.8) is 0 Å². The average molecular weight is 279 g/mol. The predicted octanol–water partition coefficient (Wildman–Crippen LogP) is 3.50. The van der Waals surface area contributed by atoms with Crippen molar-refractivity contribution in [1.29, 1.82) is 0 Å². The molecule has 0 radical (unpaired) electrons. The molecule has 2 rings (SSSR count). The molecule has 1 aromatic carbocycles. The van der Waals surface area contributed by atoms with Gasteiger partial charge >= 0.3 is 0 Å². The Bertz CT molecular complexity index is 464. The van der Waals surface area contributed by atoms with E-state index in [0.29, 0.717) is 13.2 Å². The van der Waals surface area contributed by atoms with Gasteiger partial charge in [-0.3, -0.25) is 4.90 Å². The summed E-state index contributed by atoms with van der Waals surface area (Å²) in [6.45, 7) is 10.0. The summed E-state index contributed by atoms with van der Waals surface area (Å²) in [7, 11) is 1.97. The minimum Gasteiger partial charge on any atom is -0.378 e. The van der Waals surface area contributed by atoms with Crippen molar-refractivity contribution in [3.8, 4) is 0 Å². The van der Waals surface area contributed by atoms with Crippen LogP contribution in [-0.4, -0.2) is 37.7 Å². The SMILES string of the molecule is CN1CCOCC1C(C)(F)c1cccc(C(C)(C)C)c1. The lowest BCUT2D eigenvalue weighted by atomic mass is 9.82. The molecule has 112 valence electrons. The third kappa shape index (κ3) is 3.04. The van der Waals surface area contributed by atoms with E-state index < -0.39 is 5.67 Å². The number of hydrogen-bond acceptors (Lipinski definition) is 2. The maximum atomic E-state index is 15.4. The van der Waals surface area contributed by atoms with Gasteiger partial charge in [-0.2, -0.15) is 0 Å². The number of morpholine rings is 1. The Labute approximate surface area is 121 Å². The molecule has 1 saturated heterocycles. The third-order valence-corrected chi connectivity index (χ3v) is 4.31. The van der Waals surface area contributed by atoms with Gasteiger partial charge in [0.25, 0.3) is 0 Å². The minimum atomic E-state index is -1.41. The van der Waals surface area contributed by atoms with Gasteiger partial charge in [0.05, 0.1) is 19.3 Å². The van der Waals surface area contributed by atoms with Crippen molar-refractivity contribution in [2.75, 3.05) is 26.8 Å². The fourth-order valence-corrected chi connectivity index (χ4v) is 2.74. The molecule has 1 heterocycles. The normalized spacial score (nSPS) is 24.4. The Morgan fingerprint density at radius 3 is 2.45 bits per heavy atom. The van der Waals surface area contributed by atoms with E-state index >= 15 is 4.39 Å². The van der Waals surface area contributed by atoms with Crippen LogP contribution >= 0.6 is 0 Å². The molecule has 1 aliphatic heterocycles. The summed E-state index contributed by atoms with van der Waals surface area (Å²) in [5.74, 6) is 0. The predicted molar refractivity (Wildman–Crippen MR) is 80.8 cm³/mol. The fraction of sp³-hybridized carbons (Fsp3) is 0.647. The fourth-order valence-electron chi connectivity index (χ4n) is 2.74. The number of alkyl halides is 1. The van der Waals surface area contributed by atoms with Crippen LogP contribution in [0.3, 0.4) is 0 Å². The zero-order valence-electron chi connectivity index (χ0n) is 13.2. The van der Waals surface area contributed by atoms with Crippen molar-refractivity contribution in [3.05, 3.63) is 35.4 Å². The Kier molecular flexibility index (Phi) is 4.22. The van der Waals surface area contributed by atoms with Crippen molar-refractivity contribution in [2.24, 2.45) is 0 Å². The van der Waals surface area contributed by atoms with Crippen LogP contribution in [0.25, 0.3) is 0 Å². The van der Waals surface area contributed by atoms with E-state index in [1.165, 1.54) is 5.56 Å². The van der Waals surface area contributed by atoms with Gasteiger partial charge in [0.2, 0.25) is 0 Å². The second-order valence-electron chi connectivity index (χ2n) is 6.98. The Hall–Kier alpha value is -0.930. The molecule has 1 fully saturated rings. The highest BCUT2D eigenvalue weighted by molar-refractivity contribution is 5.33. The number of rotatable bonds is 2. The van der Waals surface area contributed by atoms with Gasteiger partial charge in [-0.15, -0.1) is 0 Å². The van der Waals surface area contributed by atoms with E-state index in [2.05, 4.69) is 31.7 Å². The van der Waals surface area contributed by atoms with E-state index in [1.54, 1.807) is 6.92 Å². The standard InChI is InChI=1S/C17H26FNO/c1-16(2,3)13-7-6-8-14(11-13)17(4,18)15-12-20-10-9-19(15)5/h6-8,11,15H,9-10,12H2,1-5H3. The minimum absolute atomic E-state index is 0.0288. The zero-order chi connectivity index (χ0) is 15.0. The Balaban J connectivity index is 2.33. The number of halogens is 1. The van der Waals surface area contributed by atoms with Gasteiger partial charge in [0.15, 0.2) is 5.67 Å². The molecule has 0 aliphatic carbocycles. The van der Waals surface area contributed by atoms with Crippen LogP contribution in [0.5, 0.6) is 0 Å². The first kappa shape index (κ1) is 15.5. The topological polar surface area (TPSA) is 12.5 Å². The maximum absolute atomic E-state index is 15.4. The monoisotopic (exact) mass is 279 g/mol. The van der Waals surface area contributed by atoms with E-state index in [0.717, 1.165) is 12.1 Å². The summed E-state index contributed by atoms with van der Waals surface area (Å²) >= 11 is 0. The van der Waals surface area contributed by atoms with Crippen LogP contribution < -0.4 is 0 Å². The molecule has 0 amide bonds. The number of benzene rings is 1. The Morgan fingerprint density at radius 2 is 1.85 bits per heavy atom. The first-order chi connectivity index (χ1) is 9.23. The molecular formula is C17H26FNO. The zero-order valence-corrected chi connectivity index (χ0v) is 13.2. The quantitative estimate of drug-likeness (QED) is 0.821. The highest BCUT2D eigenvalue weighted by Gasteiger charge is 2.40. The second kappa shape index (κ2) is 5.45. The van der Waals surface area contributed by atoms with Crippen LogP contribution in [0.2, 0.25) is 0 Å². The molecule has 1 aliphatic rings. The van der Waals surface area contributed by atoms with Gasteiger partial charge in [0, 0.05) is 6.54 Å². The number of likely N-dealkylation sites (N-methyl/N-ethyl adjacent to an activating group) is 1. The van der Waals surface area contributed by atoms with Gasteiger partial charge < -0.3 is 4.74 Å². The lowest BCUT2D eigenvalue weighted by Crippen LogP contribution is -2.52. The summed E-state index contributed by atoms with van der Waals surface area (Å²) in [4.78, 5) is 2.06. The average Bonchev–Trinajstić information content (AvgIpc) is 2.38. The van der Waals surface area contributed by atoms with Crippen LogP contribution in [0.1, 0.15) is 38.8 Å². The highest BCUT2D eigenvalue weighted by atomic mass is 19.1. The van der Waals surface area contributed by atoms with E-state index in [4.69, 9.17) is 4.74 Å². The lowest BCUT2D eigenvalue weighted by molar-refractivity contribution is -0.0611. The molecule has 0 saturated carbocycles. The first-order valence-electron chi connectivity index (χ1n) is 7.31. The van der Waals surface area contributed by atoms with Crippen LogP contribution in [0.15, 0.2) is 24.3 Å². The molecule has 2 unspecified atom stereocenters. The third-order valence-electron chi connectivity index (χ3n) is 4.31. The molecule has 0 N–H and O–H groups in total. The van der Waals surface area contributed by atoms with Gasteiger partial charge in [0.1, 0.15) is 0 Å². The maximum Gasteiger partial charge on any atom is 0.150 e. The van der Waals surface area contributed by atoms with Gasteiger partial charge in [-0.25, -0.2) is 4.39 Å².